The second-order valence-corrected chi connectivity index (χ2v) is 6.13. The van der Waals surface area contributed by atoms with E-state index in [-0.39, 0.29) is 0 Å². The van der Waals surface area contributed by atoms with Crippen molar-refractivity contribution in [3.8, 4) is 11.5 Å². The van der Waals surface area contributed by atoms with E-state index in [4.69, 9.17) is 9.47 Å². The Balaban J connectivity index is 1.95. The Labute approximate surface area is 129 Å². The van der Waals surface area contributed by atoms with Crippen LogP contribution in [0.4, 0.5) is 0 Å². The molecule has 0 amide bonds. The molecule has 1 atom stereocenters. The Morgan fingerprint density at radius 1 is 1.10 bits per heavy atom. The average molecular weight is 291 g/mol. The van der Waals surface area contributed by atoms with Gasteiger partial charge in [0.25, 0.3) is 0 Å². The zero-order valence-electron chi connectivity index (χ0n) is 13.8. The van der Waals surface area contributed by atoms with Gasteiger partial charge in [0.2, 0.25) is 0 Å². The minimum absolute atomic E-state index is 0.341. The molecular weight excluding hydrogens is 262 g/mol. The lowest BCUT2D eigenvalue weighted by Crippen LogP contribution is -2.34. The van der Waals surface area contributed by atoms with Crippen LogP contribution in [0.3, 0.4) is 0 Å². The maximum atomic E-state index is 5.39. The molecule has 1 aliphatic carbocycles. The molecule has 0 radical (unpaired) electrons. The van der Waals surface area contributed by atoms with Crippen LogP contribution in [0.1, 0.15) is 57.6 Å². The third kappa shape index (κ3) is 4.13. The first-order chi connectivity index (χ1) is 10.2. The van der Waals surface area contributed by atoms with Crippen LogP contribution >= 0.6 is 0 Å². The summed E-state index contributed by atoms with van der Waals surface area (Å²) in [6.45, 7) is 4.54. The van der Waals surface area contributed by atoms with E-state index in [9.17, 15) is 0 Å². The predicted molar refractivity (Wildman–Crippen MR) is 87.1 cm³/mol. The number of hydrogen-bond donors (Lipinski definition) is 1. The van der Waals surface area contributed by atoms with Crippen molar-refractivity contribution in [2.24, 2.45) is 5.92 Å². The molecule has 0 aliphatic heterocycles. The summed E-state index contributed by atoms with van der Waals surface area (Å²) in [5, 5.41) is 3.77. The topological polar surface area (TPSA) is 30.5 Å². The number of methoxy groups -OCH3 is 2. The van der Waals surface area contributed by atoms with Crippen LogP contribution in [0.15, 0.2) is 18.2 Å². The van der Waals surface area contributed by atoms with Crippen LogP contribution in [0.5, 0.6) is 11.5 Å². The minimum atomic E-state index is 0.341. The van der Waals surface area contributed by atoms with Gasteiger partial charge in [0.05, 0.1) is 14.2 Å². The summed E-state index contributed by atoms with van der Waals surface area (Å²) in [5.41, 5.74) is 1.25. The zero-order chi connectivity index (χ0) is 15.2. The Hall–Kier alpha value is -1.22. The normalized spacial score (nSPS) is 23.6. The lowest BCUT2D eigenvalue weighted by Gasteiger charge is -2.31. The molecule has 1 saturated carbocycles. The maximum Gasteiger partial charge on any atom is 0.161 e. The first-order valence-electron chi connectivity index (χ1n) is 8.15. The fraction of sp³-hybridized carbons (Fsp3) is 0.667. The molecule has 1 N–H and O–H groups in total. The number of benzene rings is 1. The van der Waals surface area contributed by atoms with Crippen molar-refractivity contribution in [2.45, 2.75) is 58.0 Å². The number of hydrogen-bond acceptors (Lipinski definition) is 3. The van der Waals surface area contributed by atoms with Crippen molar-refractivity contribution in [1.29, 1.82) is 0 Å². The van der Waals surface area contributed by atoms with Gasteiger partial charge in [0, 0.05) is 12.1 Å². The van der Waals surface area contributed by atoms with E-state index in [1.807, 2.05) is 6.07 Å². The molecule has 118 valence electrons. The molecule has 1 aliphatic rings. The van der Waals surface area contributed by atoms with E-state index in [0.29, 0.717) is 12.1 Å². The van der Waals surface area contributed by atoms with Crippen LogP contribution in [-0.4, -0.2) is 20.3 Å². The van der Waals surface area contributed by atoms with Gasteiger partial charge in [-0.1, -0.05) is 19.4 Å². The molecule has 0 bridgehead atoms. The molecule has 1 aromatic rings. The van der Waals surface area contributed by atoms with Crippen molar-refractivity contribution in [3.05, 3.63) is 23.8 Å². The summed E-state index contributed by atoms with van der Waals surface area (Å²) in [7, 11) is 3.36. The lowest BCUT2D eigenvalue weighted by atomic mass is 9.84. The summed E-state index contributed by atoms with van der Waals surface area (Å²) in [5.74, 6) is 2.54. The van der Waals surface area contributed by atoms with Crippen molar-refractivity contribution >= 4 is 0 Å². The van der Waals surface area contributed by atoms with E-state index >= 15 is 0 Å². The van der Waals surface area contributed by atoms with E-state index in [1.54, 1.807) is 14.2 Å². The fourth-order valence-corrected chi connectivity index (χ4v) is 3.31. The highest BCUT2D eigenvalue weighted by molar-refractivity contribution is 5.43. The third-order valence-corrected chi connectivity index (χ3v) is 4.82. The molecule has 21 heavy (non-hydrogen) atoms. The molecule has 0 aromatic heterocycles. The average Bonchev–Trinajstić information content (AvgIpc) is 2.54. The molecule has 2 rings (SSSR count). The molecule has 1 fully saturated rings. The Kier molecular flexibility index (Phi) is 5.92. The molecular formula is C18H29NO2. The SMILES string of the molecule is CCC1CCC(NC(C)c2ccc(OC)c(OC)c2)CC1. The summed E-state index contributed by atoms with van der Waals surface area (Å²) in [6.07, 6.45) is 6.67. The lowest BCUT2D eigenvalue weighted by molar-refractivity contribution is 0.273. The van der Waals surface area contributed by atoms with E-state index < -0.39 is 0 Å². The van der Waals surface area contributed by atoms with Gasteiger partial charge >= 0.3 is 0 Å². The van der Waals surface area contributed by atoms with Crippen molar-refractivity contribution in [3.63, 3.8) is 0 Å². The van der Waals surface area contributed by atoms with Crippen LogP contribution in [0, 0.1) is 5.92 Å². The second kappa shape index (κ2) is 7.69. The molecule has 0 spiro atoms. The molecule has 1 aromatic carbocycles. The summed E-state index contributed by atoms with van der Waals surface area (Å²) < 4.78 is 10.7. The van der Waals surface area contributed by atoms with E-state index in [1.165, 1.54) is 37.7 Å². The van der Waals surface area contributed by atoms with Gasteiger partial charge in [-0.3, -0.25) is 0 Å². The van der Waals surface area contributed by atoms with Crippen molar-refractivity contribution in [2.75, 3.05) is 14.2 Å². The molecule has 0 heterocycles. The van der Waals surface area contributed by atoms with E-state index in [2.05, 4.69) is 31.3 Å². The molecule has 3 nitrogen and oxygen atoms in total. The molecule has 1 unspecified atom stereocenters. The summed E-state index contributed by atoms with van der Waals surface area (Å²) in [6, 6.07) is 7.18. The van der Waals surface area contributed by atoms with Crippen LogP contribution in [0.25, 0.3) is 0 Å². The van der Waals surface area contributed by atoms with Gasteiger partial charge in [-0.2, -0.15) is 0 Å². The highest BCUT2D eigenvalue weighted by atomic mass is 16.5. The van der Waals surface area contributed by atoms with Crippen LogP contribution in [0.2, 0.25) is 0 Å². The van der Waals surface area contributed by atoms with Gasteiger partial charge in [0.15, 0.2) is 11.5 Å². The Bertz CT molecular complexity index is 439. The van der Waals surface area contributed by atoms with Gasteiger partial charge in [-0.15, -0.1) is 0 Å². The third-order valence-electron chi connectivity index (χ3n) is 4.82. The van der Waals surface area contributed by atoms with Gasteiger partial charge < -0.3 is 14.8 Å². The van der Waals surface area contributed by atoms with Crippen LogP contribution in [-0.2, 0) is 0 Å². The van der Waals surface area contributed by atoms with Gasteiger partial charge in [-0.05, 0) is 56.2 Å². The monoisotopic (exact) mass is 291 g/mol. The first-order valence-corrected chi connectivity index (χ1v) is 8.15. The quantitative estimate of drug-likeness (QED) is 0.846. The maximum absolute atomic E-state index is 5.39. The van der Waals surface area contributed by atoms with Gasteiger partial charge in [-0.25, -0.2) is 0 Å². The van der Waals surface area contributed by atoms with E-state index in [0.717, 1.165) is 17.4 Å². The molecule has 3 heteroatoms. The zero-order valence-corrected chi connectivity index (χ0v) is 13.8. The standard InChI is InChI=1S/C18H29NO2/c1-5-14-6-9-16(10-7-14)19-13(2)15-8-11-17(20-3)18(12-15)21-4/h8,11-14,16,19H,5-7,9-10H2,1-4H3. The Morgan fingerprint density at radius 3 is 2.33 bits per heavy atom. The summed E-state index contributed by atoms with van der Waals surface area (Å²) >= 11 is 0. The largest absolute Gasteiger partial charge is 0.493 e. The Morgan fingerprint density at radius 2 is 1.76 bits per heavy atom. The summed E-state index contributed by atoms with van der Waals surface area (Å²) in [4.78, 5) is 0. The number of ether oxygens (including phenoxy) is 2. The highest BCUT2D eigenvalue weighted by Gasteiger charge is 2.21. The van der Waals surface area contributed by atoms with Gasteiger partial charge in [0.1, 0.15) is 0 Å². The molecule has 0 saturated heterocycles. The van der Waals surface area contributed by atoms with Crippen molar-refractivity contribution < 1.29 is 9.47 Å². The first kappa shape index (κ1) is 16.2. The van der Waals surface area contributed by atoms with Crippen molar-refractivity contribution in [1.82, 2.24) is 5.32 Å². The van der Waals surface area contributed by atoms with Crippen LogP contribution < -0.4 is 14.8 Å². The fourth-order valence-electron chi connectivity index (χ4n) is 3.31. The predicted octanol–water partition coefficient (Wildman–Crippen LogP) is 4.32. The second-order valence-electron chi connectivity index (χ2n) is 6.13. The minimum Gasteiger partial charge on any atom is -0.493 e. The smallest absolute Gasteiger partial charge is 0.161 e. The highest BCUT2D eigenvalue weighted by Crippen LogP contribution is 2.31. The number of rotatable bonds is 6. The number of nitrogens with one attached hydrogen (secondary N) is 1.